The first-order valence-corrected chi connectivity index (χ1v) is 5.74. The maximum atomic E-state index is 13.6. The fraction of sp³-hybridized carbons (Fsp3) is 0. The van der Waals surface area contributed by atoms with Crippen molar-refractivity contribution >= 4 is 33.0 Å². The summed E-state index contributed by atoms with van der Waals surface area (Å²) in [5, 5.41) is 2.56. The number of hydrogen-bond acceptors (Lipinski definition) is 2. The Morgan fingerprint density at radius 3 is 2.50 bits per heavy atom. The maximum absolute atomic E-state index is 13.6. The van der Waals surface area contributed by atoms with Crippen molar-refractivity contribution in [2.75, 3.05) is 11.1 Å². The van der Waals surface area contributed by atoms with E-state index in [9.17, 15) is 13.2 Å². The van der Waals surface area contributed by atoms with E-state index in [0.29, 0.717) is 4.47 Å². The molecule has 3 N–H and O–H groups in total. The van der Waals surface area contributed by atoms with E-state index in [1.807, 2.05) is 0 Å². The van der Waals surface area contributed by atoms with Gasteiger partial charge in [0.15, 0.2) is 11.6 Å². The maximum Gasteiger partial charge on any atom is 0.184 e. The molecule has 2 aromatic rings. The van der Waals surface area contributed by atoms with Crippen LogP contribution in [-0.4, -0.2) is 0 Å². The summed E-state index contributed by atoms with van der Waals surface area (Å²) in [5.74, 6) is -2.64. The molecule has 0 fully saturated rings. The van der Waals surface area contributed by atoms with E-state index >= 15 is 0 Å². The number of halogens is 4. The third-order valence-corrected chi connectivity index (χ3v) is 3.01. The summed E-state index contributed by atoms with van der Waals surface area (Å²) >= 11 is 3.17. The summed E-state index contributed by atoms with van der Waals surface area (Å²) in [4.78, 5) is 0. The topological polar surface area (TPSA) is 38.0 Å². The summed E-state index contributed by atoms with van der Waals surface area (Å²) < 4.78 is 40.2. The van der Waals surface area contributed by atoms with Crippen molar-refractivity contribution in [3.05, 3.63) is 52.3 Å². The first-order valence-electron chi connectivity index (χ1n) is 4.94. The number of hydrogen-bond donors (Lipinski definition) is 2. The third kappa shape index (κ3) is 2.43. The van der Waals surface area contributed by atoms with Gasteiger partial charge in [0.05, 0.1) is 11.4 Å². The molecule has 2 aromatic carbocycles. The highest BCUT2D eigenvalue weighted by molar-refractivity contribution is 9.10. The standard InChI is InChI=1S/C12H8BrF3N2/c13-7-2-1-6(14)5-10(7)18-12-9(17)4-3-8(15)11(12)16/h1-5,18H,17H2. The van der Waals surface area contributed by atoms with Gasteiger partial charge in [-0.25, -0.2) is 13.2 Å². The molecule has 0 unspecified atom stereocenters. The minimum atomic E-state index is -1.11. The second-order valence-electron chi connectivity index (χ2n) is 3.57. The zero-order valence-corrected chi connectivity index (χ0v) is 10.6. The molecule has 0 spiro atoms. The number of anilines is 3. The number of benzene rings is 2. The van der Waals surface area contributed by atoms with Gasteiger partial charge in [0.2, 0.25) is 0 Å². The molecule has 0 aliphatic carbocycles. The lowest BCUT2D eigenvalue weighted by atomic mass is 10.2. The minimum Gasteiger partial charge on any atom is -0.397 e. The molecule has 6 heteroatoms. The Hall–Kier alpha value is -1.69. The normalized spacial score (nSPS) is 10.4. The largest absolute Gasteiger partial charge is 0.397 e. The molecule has 0 amide bonds. The molecule has 0 saturated carbocycles. The molecule has 0 saturated heterocycles. The highest BCUT2D eigenvalue weighted by Crippen LogP contribution is 2.32. The number of nitrogen functional groups attached to an aromatic ring is 1. The van der Waals surface area contributed by atoms with Crippen molar-refractivity contribution in [3.8, 4) is 0 Å². The second-order valence-corrected chi connectivity index (χ2v) is 4.43. The van der Waals surface area contributed by atoms with E-state index in [1.54, 1.807) is 0 Å². The van der Waals surface area contributed by atoms with Gasteiger partial charge in [-0.05, 0) is 46.3 Å². The van der Waals surface area contributed by atoms with Gasteiger partial charge in [0.1, 0.15) is 11.5 Å². The smallest absolute Gasteiger partial charge is 0.184 e. The number of nitrogens with two attached hydrogens (primary N) is 1. The van der Waals surface area contributed by atoms with E-state index in [4.69, 9.17) is 5.73 Å². The molecule has 0 bridgehead atoms. The van der Waals surface area contributed by atoms with Crippen LogP contribution in [0.1, 0.15) is 0 Å². The van der Waals surface area contributed by atoms with Crippen LogP contribution in [-0.2, 0) is 0 Å². The summed E-state index contributed by atoms with van der Waals surface area (Å²) in [6.07, 6.45) is 0. The molecule has 0 atom stereocenters. The lowest BCUT2D eigenvalue weighted by molar-refractivity contribution is 0.512. The third-order valence-electron chi connectivity index (χ3n) is 2.32. The van der Waals surface area contributed by atoms with Crippen LogP contribution < -0.4 is 11.1 Å². The Labute approximate surface area is 110 Å². The van der Waals surface area contributed by atoms with Crippen LogP contribution in [0.5, 0.6) is 0 Å². The number of rotatable bonds is 2. The van der Waals surface area contributed by atoms with Gasteiger partial charge in [-0.2, -0.15) is 0 Å². The Bertz CT molecular complexity index is 602. The molecular weight excluding hydrogens is 309 g/mol. The van der Waals surface area contributed by atoms with Gasteiger partial charge in [-0.15, -0.1) is 0 Å². The van der Waals surface area contributed by atoms with E-state index in [0.717, 1.165) is 12.1 Å². The molecule has 0 aromatic heterocycles. The van der Waals surface area contributed by atoms with Crippen LogP contribution in [0.15, 0.2) is 34.8 Å². The molecule has 0 aliphatic heterocycles. The predicted molar refractivity (Wildman–Crippen MR) is 68.2 cm³/mol. The van der Waals surface area contributed by atoms with Crippen molar-refractivity contribution in [1.29, 1.82) is 0 Å². The summed E-state index contributed by atoms with van der Waals surface area (Å²) in [5.41, 5.74) is 5.62. The average Bonchev–Trinajstić information content (AvgIpc) is 2.34. The Balaban J connectivity index is 2.46. The summed E-state index contributed by atoms with van der Waals surface area (Å²) in [6, 6.07) is 5.99. The van der Waals surface area contributed by atoms with Crippen molar-refractivity contribution in [2.45, 2.75) is 0 Å². The molecule has 2 nitrogen and oxygen atoms in total. The monoisotopic (exact) mass is 316 g/mol. The Kier molecular flexibility index (Phi) is 3.47. The van der Waals surface area contributed by atoms with Crippen LogP contribution >= 0.6 is 15.9 Å². The molecule has 0 heterocycles. The van der Waals surface area contributed by atoms with Crippen LogP contribution in [0.25, 0.3) is 0 Å². The minimum absolute atomic E-state index is 0.0325. The molecule has 0 radical (unpaired) electrons. The first-order chi connectivity index (χ1) is 8.49. The zero-order chi connectivity index (χ0) is 13.3. The predicted octanol–water partition coefficient (Wildman–Crippen LogP) is 4.19. The van der Waals surface area contributed by atoms with Gasteiger partial charge < -0.3 is 11.1 Å². The molecular formula is C12H8BrF3N2. The van der Waals surface area contributed by atoms with Gasteiger partial charge in [0.25, 0.3) is 0 Å². The second kappa shape index (κ2) is 4.89. The molecule has 2 rings (SSSR count). The van der Waals surface area contributed by atoms with Crippen molar-refractivity contribution in [1.82, 2.24) is 0 Å². The Morgan fingerprint density at radius 1 is 1.06 bits per heavy atom. The molecule has 0 aliphatic rings. The fourth-order valence-corrected chi connectivity index (χ4v) is 1.77. The molecule has 18 heavy (non-hydrogen) atoms. The SMILES string of the molecule is Nc1ccc(F)c(F)c1Nc1cc(F)ccc1Br. The zero-order valence-electron chi connectivity index (χ0n) is 8.98. The first kappa shape index (κ1) is 12.8. The van der Waals surface area contributed by atoms with Gasteiger partial charge in [-0.1, -0.05) is 0 Å². The van der Waals surface area contributed by atoms with Crippen LogP contribution in [0, 0.1) is 17.5 Å². The van der Waals surface area contributed by atoms with Crippen molar-refractivity contribution in [2.24, 2.45) is 0 Å². The van der Waals surface area contributed by atoms with E-state index in [-0.39, 0.29) is 17.1 Å². The summed E-state index contributed by atoms with van der Waals surface area (Å²) in [6.45, 7) is 0. The van der Waals surface area contributed by atoms with E-state index in [1.165, 1.54) is 18.2 Å². The number of nitrogens with one attached hydrogen (secondary N) is 1. The van der Waals surface area contributed by atoms with Crippen molar-refractivity contribution in [3.63, 3.8) is 0 Å². The van der Waals surface area contributed by atoms with Gasteiger partial charge in [0, 0.05) is 4.47 Å². The lowest BCUT2D eigenvalue weighted by Gasteiger charge is -2.12. The molecule has 94 valence electrons. The van der Waals surface area contributed by atoms with E-state index in [2.05, 4.69) is 21.2 Å². The lowest BCUT2D eigenvalue weighted by Crippen LogP contribution is -2.02. The average molecular weight is 317 g/mol. The highest BCUT2D eigenvalue weighted by atomic mass is 79.9. The summed E-state index contributed by atoms with van der Waals surface area (Å²) in [7, 11) is 0. The highest BCUT2D eigenvalue weighted by Gasteiger charge is 2.13. The van der Waals surface area contributed by atoms with Crippen LogP contribution in [0.2, 0.25) is 0 Å². The van der Waals surface area contributed by atoms with Crippen LogP contribution in [0.4, 0.5) is 30.2 Å². The van der Waals surface area contributed by atoms with E-state index < -0.39 is 17.5 Å². The van der Waals surface area contributed by atoms with Crippen LogP contribution in [0.3, 0.4) is 0 Å². The Morgan fingerprint density at radius 2 is 1.78 bits per heavy atom. The van der Waals surface area contributed by atoms with Crippen molar-refractivity contribution < 1.29 is 13.2 Å². The van der Waals surface area contributed by atoms with Gasteiger partial charge >= 0.3 is 0 Å². The quantitative estimate of drug-likeness (QED) is 0.815. The van der Waals surface area contributed by atoms with Gasteiger partial charge in [-0.3, -0.25) is 0 Å². The fourth-order valence-electron chi connectivity index (χ4n) is 1.42.